The van der Waals surface area contributed by atoms with Gasteiger partial charge in [0.05, 0.1) is 22.6 Å². The molecule has 3 aliphatic rings. The zero-order valence-corrected chi connectivity index (χ0v) is 26.6. The second kappa shape index (κ2) is 11.9. The van der Waals surface area contributed by atoms with Crippen molar-refractivity contribution >= 4 is 32.8 Å². The van der Waals surface area contributed by atoms with Crippen LogP contribution in [-0.4, -0.2) is 44.5 Å². The average molecular weight is 698 g/mol. The molecule has 5 aromatic rings. The van der Waals surface area contributed by atoms with E-state index in [1.807, 2.05) is 0 Å². The number of aromatic nitrogens is 4. The minimum atomic E-state index is -4.66. The van der Waals surface area contributed by atoms with Crippen LogP contribution in [0.25, 0.3) is 33.7 Å². The summed E-state index contributed by atoms with van der Waals surface area (Å²) in [5.41, 5.74) is -0.889. The summed E-state index contributed by atoms with van der Waals surface area (Å²) in [6, 6.07) is 9.92. The quantitative estimate of drug-likeness (QED) is 0.170. The number of fused-ring (bicyclic) bond motifs is 4. The number of anilines is 1. The van der Waals surface area contributed by atoms with Crippen LogP contribution in [-0.2, 0) is 21.0 Å². The molecule has 49 heavy (non-hydrogen) atoms. The van der Waals surface area contributed by atoms with Crippen LogP contribution in [0.3, 0.4) is 0 Å². The average Bonchev–Trinajstić information content (AvgIpc) is 3.45. The maximum absolute atomic E-state index is 16.4. The molecule has 0 amide bonds. The number of nitrogens with zero attached hydrogens (tertiary/aromatic N) is 4. The van der Waals surface area contributed by atoms with E-state index in [9.17, 15) is 35.9 Å². The first-order valence-corrected chi connectivity index (χ1v) is 16.9. The van der Waals surface area contributed by atoms with Crippen LogP contribution in [0.4, 0.5) is 27.8 Å². The molecule has 0 aliphatic heterocycles. The maximum Gasteiger partial charge on any atom is 0.416 e. The number of carboxylic acids is 1. The number of hydrogen-bond donors (Lipinski definition) is 2. The number of pyridine rings is 1. The van der Waals surface area contributed by atoms with Crippen LogP contribution in [0.2, 0.25) is 0 Å². The summed E-state index contributed by atoms with van der Waals surface area (Å²) in [7, 11) is -4.31. The summed E-state index contributed by atoms with van der Waals surface area (Å²) in [5.74, 6) is -4.72. The lowest BCUT2D eigenvalue weighted by molar-refractivity contribution is -0.148. The van der Waals surface area contributed by atoms with Crippen LogP contribution >= 0.6 is 0 Å². The van der Waals surface area contributed by atoms with E-state index in [1.54, 1.807) is 19.1 Å². The van der Waals surface area contributed by atoms with Gasteiger partial charge in [0.1, 0.15) is 11.5 Å². The molecule has 9 nitrogen and oxygen atoms in total. The third-order valence-corrected chi connectivity index (χ3v) is 11.2. The van der Waals surface area contributed by atoms with E-state index < -0.39 is 62.8 Å². The number of carboxylic acid groups (broad SMARTS) is 1. The lowest BCUT2D eigenvalue weighted by atomic mass is 9.61. The normalized spacial score (nSPS) is 20.9. The van der Waals surface area contributed by atoms with Gasteiger partial charge in [-0.05, 0) is 74.8 Å². The summed E-state index contributed by atoms with van der Waals surface area (Å²) in [6.45, 7) is 1.78. The van der Waals surface area contributed by atoms with Crippen LogP contribution in [0.15, 0.2) is 71.9 Å². The van der Waals surface area contributed by atoms with Crippen molar-refractivity contribution in [1.82, 2.24) is 18.9 Å². The zero-order chi connectivity index (χ0) is 34.8. The van der Waals surface area contributed by atoms with Crippen molar-refractivity contribution in [2.45, 2.75) is 49.7 Å². The Morgan fingerprint density at radius 1 is 0.959 bits per heavy atom. The van der Waals surface area contributed by atoms with E-state index >= 15 is 4.39 Å². The Morgan fingerprint density at radius 3 is 2.24 bits per heavy atom. The monoisotopic (exact) mass is 697 g/mol. The number of hydrogen-bond acceptors (Lipinski definition) is 7. The molecule has 3 aromatic heterocycles. The molecule has 8 rings (SSSR count). The highest BCUT2D eigenvalue weighted by atomic mass is 32.2. The molecule has 0 spiro atoms. The Hall–Kier alpha value is -4.92. The number of nitrogens with one attached hydrogen (secondary N) is 1. The van der Waals surface area contributed by atoms with E-state index in [0.29, 0.717) is 25.7 Å². The Morgan fingerprint density at radius 2 is 1.61 bits per heavy atom. The van der Waals surface area contributed by atoms with Gasteiger partial charge in [0.15, 0.2) is 23.1 Å². The molecule has 0 saturated heterocycles. The lowest BCUT2D eigenvalue weighted by Crippen LogP contribution is -2.51. The van der Waals surface area contributed by atoms with Crippen molar-refractivity contribution < 1.29 is 40.3 Å². The van der Waals surface area contributed by atoms with Gasteiger partial charge >= 0.3 is 12.1 Å². The summed E-state index contributed by atoms with van der Waals surface area (Å²) < 4.78 is 99.6. The van der Waals surface area contributed by atoms with Crippen molar-refractivity contribution in [3.05, 3.63) is 89.8 Å². The van der Waals surface area contributed by atoms with E-state index in [2.05, 4.69) is 20.3 Å². The van der Waals surface area contributed by atoms with E-state index in [0.717, 1.165) is 52.3 Å². The highest BCUT2D eigenvalue weighted by Gasteiger charge is 2.48. The number of aliphatic carboxylic acids is 1. The SMILES string of the molecule is Cc1ccc(S(=O)(=O)n2cc(-c3nc(NC4C5CCC(CC5)C4C(=O)O)c(F)c(-c4ccc(C(F)(F)F)cc4)n3)c3cc(F)cnc32)cc1. The number of alkyl halides is 3. The van der Waals surface area contributed by atoms with Crippen molar-refractivity contribution in [2.24, 2.45) is 17.8 Å². The highest BCUT2D eigenvalue weighted by Crippen LogP contribution is 2.47. The Balaban J connectivity index is 1.43. The molecule has 3 fully saturated rings. The molecule has 2 bridgehead atoms. The first-order chi connectivity index (χ1) is 23.2. The van der Waals surface area contributed by atoms with Gasteiger partial charge in [-0.2, -0.15) is 13.2 Å². The maximum atomic E-state index is 16.4. The fourth-order valence-corrected chi connectivity index (χ4v) is 8.41. The Labute approximate surface area is 276 Å². The molecular weight excluding hydrogens is 669 g/mol. The molecule has 3 aliphatic carbocycles. The third kappa shape index (κ3) is 5.79. The predicted octanol–water partition coefficient (Wildman–Crippen LogP) is 7.30. The topological polar surface area (TPSA) is 127 Å². The van der Waals surface area contributed by atoms with Crippen LogP contribution in [0.1, 0.15) is 36.8 Å². The number of halogens is 5. The molecule has 2 aromatic carbocycles. The van der Waals surface area contributed by atoms with Crippen molar-refractivity contribution in [3.63, 3.8) is 0 Å². The molecule has 2 atom stereocenters. The molecule has 0 radical (unpaired) electrons. The molecule has 3 heterocycles. The second-order valence-electron chi connectivity index (χ2n) is 12.5. The Kier molecular flexibility index (Phi) is 7.92. The smallest absolute Gasteiger partial charge is 0.416 e. The largest absolute Gasteiger partial charge is 0.481 e. The molecule has 254 valence electrons. The summed E-state index contributed by atoms with van der Waals surface area (Å²) in [5, 5.41) is 13.1. The highest BCUT2D eigenvalue weighted by molar-refractivity contribution is 7.90. The summed E-state index contributed by atoms with van der Waals surface area (Å²) in [6.07, 6.45) is 0.156. The van der Waals surface area contributed by atoms with Gasteiger partial charge in [-0.25, -0.2) is 36.1 Å². The number of rotatable bonds is 7. The standard InChI is InChI=1S/C34H28F5N5O4S/c1-17-2-12-23(13-3-17)49(47,48)44-16-25(24-14-22(35)15-40-32(24)44)30-42-29(20-8-10-21(11-9-20)34(37,38)39)27(36)31(43-30)41-28-19-6-4-18(5-7-19)26(28)33(45)46/h2-3,8-16,18-19,26,28H,4-7H2,1H3,(H,45,46)(H,41,42,43). The van der Waals surface area contributed by atoms with Gasteiger partial charge in [-0.3, -0.25) is 4.79 Å². The van der Waals surface area contributed by atoms with Crippen LogP contribution in [0, 0.1) is 36.3 Å². The minimum absolute atomic E-state index is 0.0354. The Bertz CT molecular complexity index is 2200. The van der Waals surface area contributed by atoms with Crippen molar-refractivity contribution in [2.75, 3.05) is 5.32 Å². The van der Waals surface area contributed by atoms with Gasteiger partial charge in [0, 0.05) is 28.8 Å². The summed E-state index contributed by atoms with van der Waals surface area (Å²) in [4.78, 5) is 25.0. The fraction of sp³-hybridized carbons (Fsp3) is 0.294. The molecular formula is C34H28F5N5O4S. The molecule has 15 heteroatoms. The number of benzene rings is 2. The van der Waals surface area contributed by atoms with Gasteiger partial charge in [0.25, 0.3) is 10.0 Å². The number of aryl methyl sites for hydroxylation is 1. The van der Waals surface area contributed by atoms with Gasteiger partial charge in [0.2, 0.25) is 0 Å². The van der Waals surface area contributed by atoms with E-state index in [4.69, 9.17) is 0 Å². The van der Waals surface area contributed by atoms with Crippen molar-refractivity contribution in [1.29, 1.82) is 0 Å². The van der Waals surface area contributed by atoms with Crippen LogP contribution < -0.4 is 5.32 Å². The molecule has 2 unspecified atom stereocenters. The predicted molar refractivity (Wildman–Crippen MR) is 169 cm³/mol. The number of carbonyl (C=O) groups is 1. The summed E-state index contributed by atoms with van der Waals surface area (Å²) >= 11 is 0. The van der Waals surface area contributed by atoms with Gasteiger partial charge in [-0.1, -0.05) is 29.8 Å². The third-order valence-electron chi connectivity index (χ3n) is 9.54. The van der Waals surface area contributed by atoms with E-state index in [-0.39, 0.29) is 44.7 Å². The first kappa shape index (κ1) is 32.6. The molecule has 2 N–H and O–H groups in total. The van der Waals surface area contributed by atoms with E-state index in [1.165, 1.54) is 12.1 Å². The second-order valence-corrected chi connectivity index (χ2v) is 14.3. The zero-order valence-electron chi connectivity index (χ0n) is 25.7. The lowest BCUT2D eigenvalue weighted by Gasteiger charge is -2.47. The first-order valence-electron chi connectivity index (χ1n) is 15.5. The molecule has 3 saturated carbocycles. The van der Waals surface area contributed by atoms with Crippen LogP contribution in [0.5, 0.6) is 0 Å². The van der Waals surface area contributed by atoms with Gasteiger partial charge in [-0.15, -0.1) is 0 Å². The minimum Gasteiger partial charge on any atom is -0.481 e. The van der Waals surface area contributed by atoms with Gasteiger partial charge < -0.3 is 10.4 Å². The fourth-order valence-electron chi connectivity index (χ4n) is 7.08. The van der Waals surface area contributed by atoms with Crippen molar-refractivity contribution in [3.8, 4) is 22.6 Å².